The number of carbonyl (C=O) groups is 3. The number of hydrogen-bond acceptors (Lipinski definition) is 4. The van der Waals surface area contributed by atoms with Crippen LogP contribution in [0.2, 0.25) is 0 Å². The van der Waals surface area contributed by atoms with Gasteiger partial charge in [0, 0.05) is 13.0 Å². The highest BCUT2D eigenvalue weighted by Gasteiger charge is 2.27. The van der Waals surface area contributed by atoms with E-state index in [1.807, 2.05) is 24.3 Å². The number of amides is 3. The maximum absolute atomic E-state index is 12.3. The van der Waals surface area contributed by atoms with Gasteiger partial charge in [-0.2, -0.15) is 0 Å². The molecule has 1 aliphatic heterocycles. The number of nitrogens with one attached hydrogen (secondary N) is 3. The van der Waals surface area contributed by atoms with Crippen LogP contribution in [0.4, 0.5) is 5.69 Å². The molecule has 0 fully saturated rings. The van der Waals surface area contributed by atoms with Crippen molar-refractivity contribution in [2.45, 2.75) is 25.4 Å². The third-order valence-electron chi connectivity index (χ3n) is 4.36. The lowest BCUT2D eigenvalue weighted by molar-refractivity contribution is -0.122. The van der Waals surface area contributed by atoms with Gasteiger partial charge in [0.05, 0.1) is 18.4 Å². The van der Waals surface area contributed by atoms with Crippen molar-refractivity contribution in [3.63, 3.8) is 0 Å². The highest BCUT2D eigenvalue weighted by atomic mass is 16.5. The topological polar surface area (TPSA) is 96.5 Å². The molecular formula is C20H21N3O4. The third-order valence-corrected chi connectivity index (χ3v) is 4.36. The minimum Gasteiger partial charge on any atom is -0.497 e. The lowest BCUT2D eigenvalue weighted by Gasteiger charge is -2.14. The first kappa shape index (κ1) is 18.4. The van der Waals surface area contributed by atoms with E-state index in [2.05, 4.69) is 16.0 Å². The molecule has 27 heavy (non-hydrogen) atoms. The minimum atomic E-state index is -0.753. The second-order valence-corrected chi connectivity index (χ2v) is 6.22. The second-order valence-electron chi connectivity index (χ2n) is 6.22. The van der Waals surface area contributed by atoms with Crippen LogP contribution in [0.25, 0.3) is 0 Å². The fourth-order valence-corrected chi connectivity index (χ4v) is 2.82. The summed E-state index contributed by atoms with van der Waals surface area (Å²) >= 11 is 0. The Balaban J connectivity index is 1.51. The summed E-state index contributed by atoms with van der Waals surface area (Å²) in [7, 11) is 1.59. The fourth-order valence-electron chi connectivity index (χ4n) is 2.82. The van der Waals surface area contributed by atoms with Crippen molar-refractivity contribution in [2.75, 3.05) is 12.4 Å². The molecule has 1 aliphatic rings. The summed E-state index contributed by atoms with van der Waals surface area (Å²) in [5.74, 6) is -0.0836. The van der Waals surface area contributed by atoms with E-state index in [1.165, 1.54) is 0 Å². The molecule has 0 radical (unpaired) electrons. The van der Waals surface area contributed by atoms with Crippen LogP contribution in [0, 0.1) is 0 Å². The van der Waals surface area contributed by atoms with Gasteiger partial charge in [-0.25, -0.2) is 0 Å². The SMILES string of the molecule is COc1ccc(CNC(=O)CC[C@H]2NC(=O)c3ccccc3NC2=O)cc1. The molecule has 3 N–H and O–H groups in total. The van der Waals surface area contributed by atoms with Gasteiger partial charge in [0.2, 0.25) is 11.8 Å². The van der Waals surface area contributed by atoms with Gasteiger partial charge in [-0.15, -0.1) is 0 Å². The van der Waals surface area contributed by atoms with E-state index in [1.54, 1.807) is 31.4 Å². The summed E-state index contributed by atoms with van der Waals surface area (Å²) in [4.78, 5) is 36.7. The van der Waals surface area contributed by atoms with Crippen LogP contribution in [0.15, 0.2) is 48.5 Å². The lowest BCUT2D eigenvalue weighted by atomic mass is 10.1. The Bertz CT molecular complexity index is 849. The minimum absolute atomic E-state index is 0.130. The van der Waals surface area contributed by atoms with Crippen molar-refractivity contribution in [1.82, 2.24) is 10.6 Å². The van der Waals surface area contributed by atoms with Gasteiger partial charge in [0.15, 0.2) is 0 Å². The van der Waals surface area contributed by atoms with E-state index in [0.29, 0.717) is 17.8 Å². The Morgan fingerprint density at radius 2 is 1.85 bits per heavy atom. The number of carbonyl (C=O) groups excluding carboxylic acids is 3. The van der Waals surface area contributed by atoms with Crippen LogP contribution in [-0.4, -0.2) is 30.9 Å². The van der Waals surface area contributed by atoms with Gasteiger partial charge in [0.1, 0.15) is 11.8 Å². The molecule has 0 aliphatic carbocycles. The van der Waals surface area contributed by atoms with Gasteiger partial charge in [-0.3, -0.25) is 14.4 Å². The number of methoxy groups -OCH3 is 1. The number of anilines is 1. The van der Waals surface area contributed by atoms with Gasteiger partial charge in [0.25, 0.3) is 5.91 Å². The average Bonchev–Trinajstić information content (AvgIpc) is 2.81. The van der Waals surface area contributed by atoms with Gasteiger partial charge in [-0.1, -0.05) is 24.3 Å². The molecule has 140 valence electrons. The van der Waals surface area contributed by atoms with Crippen LogP contribution in [0.3, 0.4) is 0 Å². The predicted molar refractivity (Wildman–Crippen MR) is 100 cm³/mol. The highest BCUT2D eigenvalue weighted by Crippen LogP contribution is 2.19. The molecule has 2 aromatic rings. The number of benzene rings is 2. The van der Waals surface area contributed by atoms with E-state index in [0.717, 1.165) is 11.3 Å². The van der Waals surface area contributed by atoms with Crippen molar-refractivity contribution in [3.8, 4) is 5.75 Å². The van der Waals surface area contributed by atoms with E-state index in [4.69, 9.17) is 4.74 Å². The molecule has 7 heteroatoms. The first-order valence-electron chi connectivity index (χ1n) is 8.67. The smallest absolute Gasteiger partial charge is 0.254 e. The molecule has 2 aromatic carbocycles. The molecule has 0 saturated heterocycles. The fraction of sp³-hybridized carbons (Fsp3) is 0.250. The third kappa shape index (κ3) is 4.63. The molecule has 0 aromatic heterocycles. The van der Waals surface area contributed by atoms with Crippen molar-refractivity contribution in [3.05, 3.63) is 59.7 Å². The summed E-state index contributed by atoms with van der Waals surface area (Å²) in [6.07, 6.45) is 0.352. The number of ether oxygens (including phenoxy) is 1. The predicted octanol–water partition coefficient (Wildman–Crippen LogP) is 1.84. The van der Waals surface area contributed by atoms with Crippen molar-refractivity contribution in [2.24, 2.45) is 0 Å². The van der Waals surface area contributed by atoms with Crippen molar-refractivity contribution in [1.29, 1.82) is 0 Å². The van der Waals surface area contributed by atoms with E-state index in [-0.39, 0.29) is 30.6 Å². The Kier molecular flexibility index (Phi) is 5.71. The highest BCUT2D eigenvalue weighted by molar-refractivity contribution is 6.09. The van der Waals surface area contributed by atoms with Gasteiger partial charge >= 0.3 is 0 Å². The van der Waals surface area contributed by atoms with E-state index in [9.17, 15) is 14.4 Å². The summed E-state index contributed by atoms with van der Waals surface area (Å²) in [6.45, 7) is 0.386. The molecule has 0 unspecified atom stereocenters. The summed E-state index contributed by atoms with van der Waals surface area (Å²) in [5, 5.41) is 8.22. The number of para-hydroxylation sites is 1. The second kappa shape index (κ2) is 8.35. The van der Waals surface area contributed by atoms with Gasteiger partial charge < -0.3 is 20.7 Å². The van der Waals surface area contributed by atoms with Crippen molar-refractivity contribution >= 4 is 23.4 Å². The molecule has 3 amide bonds. The molecule has 1 heterocycles. The van der Waals surface area contributed by atoms with Crippen LogP contribution < -0.4 is 20.7 Å². The molecule has 7 nitrogen and oxygen atoms in total. The van der Waals surface area contributed by atoms with Crippen LogP contribution in [-0.2, 0) is 16.1 Å². The molecule has 0 spiro atoms. The number of hydrogen-bond donors (Lipinski definition) is 3. The molecule has 1 atom stereocenters. The first-order valence-corrected chi connectivity index (χ1v) is 8.67. The van der Waals surface area contributed by atoms with Crippen LogP contribution in [0.5, 0.6) is 5.75 Å². The summed E-state index contributed by atoms with van der Waals surface area (Å²) in [6, 6.07) is 13.4. The largest absolute Gasteiger partial charge is 0.497 e. The zero-order valence-corrected chi connectivity index (χ0v) is 15.0. The maximum Gasteiger partial charge on any atom is 0.254 e. The number of fused-ring (bicyclic) bond motifs is 1. The zero-order chi connectivity index (χ0) is 19.2. The summed E-state index contributed by atoms with van der Waals surface area (Å²) < 4.78 is 5.09. The summed E-state index contributed by atoms with van der Waals surface area (Å²) in [5.41, 5.74) is 1.84. The van der Waals surface area contributed by atoms with Gasteiger partial charge in [-0.05, 0) is 36.2 Å². The van der Waals surface area contributed by atoms with Crippen molar-refractivity contribution < 1.29 is 19.1 Å². The Morgan fingerprint density at radius 1 is 1.11 bits per heavy atom. The first-order chi connectivity index (χ1) is 13.1. The Hall–Kier alpha value is -3.35. The standard InChI is InChI=1S/C20H21N3O4/c1-27-14-8-6-13(7-9-14)12-21-18(24)11-10-17-20(26)22-16-5-3-2-4-15(16)19(25)23-17/h2-9,17H,10-12H2,1H3,(H,21,24)(H,22,26)(H,23,25)/t17-/m1/s1. The van der Waals surface area contributed by atoms with E-state index < -0.39 is 6.04 Å². The number of rotatable bonds is 6. The Morgan fingerprint density at radius 3 is 2.59 bits per heavy atom. The molecule has 3 rings (SSSR count). The Labute approximate surface area is 157 Å². The van der Waals surface area contributed by atoms with E-state index >= 15 is 0 Å². The lowest BCUT2D eigenvalue weighted by Crippen LogP contribution is -2.42. The zero-order valence-electron chi connectivity index (χ0n) is 15.0. The maximum atomic E-state index is 12.3. The van der Waals surface area contributed by atoms with Crippen LogP contribution >= 0.6 is 0 Å². The monoisotopic (exact) mass is 367 g/mol. The normalized spacial score (nSPS) is 15.8. The average molecular weight is 367 g/mol. The van der Waals surface area contributed by atoms with Crippen LogP contribution in [0.1, 0.15) is 28.8 Å². The molecular weight excluding hydrogens is 346 g/mol. The quantitative estimate of drug-likeness (QED) is 0.726. The molecule has 0 saturated carbocycles. The molecule has 0 bridgehead atoms.